The van der Waals surface area contributed by atoms with Crippen molar-refractivity contribution in [3.8, 4) is 0 Å². The van der Waals surface area contributed by atoms with Gasteiger partial charge in [-0.15, -0.1) is 10.2 Å². The fourth-order valence-corrected chi connectivity index (χ4v) is 1.67. The van der Waals surface area contributed by atoms with Gasteiger partial charge >= 0.3 is 5.97 Å². The van der Waals surface area contributed by atoms with E-state index in [0.717, 1.165) is 5.82 Å². The Bertz CT molecular complexity index is 350. The largest absolute Gasteiger partial charge is 0.481 e. The molecule has 1 N–H and O–H groups in total. The molecule has 1 aromatic rings. The van der Waals surface area contributed by atoms with E-state index in [4.69, 9.17) is 5.11 Å². The summed E-state index contributed by atoms with van der Waals surface area (Å²) in [6, 6.07) is 0. The van der Waals surface area contributed by atoms with Gasteiger partial charge in [0.25, 0.3) is 0 Å². The van der Waals surface area contributed by atoms with Crippen LogP contribution in [0, 0.1) is 0 Å². The molecule has 0 bridgehead atoms. The summed E-state index contributed by atoms with van der Waals surface area (Å²) in [5.74, 6) is -0.0152. The molecule has 7 heteroatoms. The standard InChI is InChI=1S/C8H14N4O2S/c1-11(2)4-6-9-10-8(12(6)3)15-5-7(13)14/h4-5H2,1-3H3,(H,13,14). The molecule has 0 unspecified atom stereocenters. The fourth-order valence-electron chi connectivity index (χ4n) is 1.02. The summed E-state index contributed by atoms with van der Waals surface area (Å²) in [6.45, 7) is 0.692. The maximum Gasteiger partial charge on any atom is 0.313 e. The zero-order valence-electron chi connectivity index (χ0n) is 8.97. The van der Waals surface area contributed by atoms with Crippen molar-refractivity contribution >= 4 is 17.7 Å². The molecular weight excluding hydrogens is 216 g/mol. The zero-order valence-corrected chi connectivity index (χ0v) is 9.78. The van der Waals surface area contributed by atoms with Gasteiger partial charge in [0.1, 0.15) is 5.82 Å². The highest BCUT2D eigenvalue weighted by Crippen LogP contribution is 2.15. The number of carboxylic acid groups (broad SMARTS) is 1. The van der Waals surface area contributed by atoms with Crippen LogP contribution in [-0.2, 0) is 18.4 Å². The summed E-state index contributed by atoms with van der Waals surface area (Å²) in [6.07, 6.45) is 0. The second-order valence-corrected chi connectivity index (χ2v) is 4.32. The first-order valence-electron chi connectivity index (χ1n) is 4.38. The Balaban J connectivity index is 2.66. The van der Waals surface area contributed by atoms with Gasteiger partial charge in [0, 0.05) is 7.05 Å². The van der Waals surface area contributed by atoms with E-state index >= 15 is 0 Å². The van der Waals surface area contributed by atoms with Crippen molar-refractivity contribution in [2.45, 2.75) is 11.7 Å². The molecule has 0 aliphatic rings. The van der Waals surface area contributed by atoms with Gasteiger partial charge in [-0.3, -0.25) is 4.79 Å². The second kappa shape index (κ2) is 5.13. The van der Waals surface area contributed by atoms with Crippen molar-refractivity contribution < 1.29 is 9.90 Å². The van der Waals surface area contributed by atoms with Crippen LogP contribution in [0.4, 0.5) is 0 Å². The maximum atomic E-state index is 10.4. The van der Waals surface area contributed by atoms with Crippen molar-refractivity contribution in [3.63, 3.8) is 0 Å². The van der Waals surface area contributed by atoms with Gasteiger partial charge in [0.05, 0.1) is 12.3 Å². The highest BCUT2D eigenvalue weighted by atomic mass is 32.2. The topological polar surface area (TPSA) is 71.2 Å². The minimum atomic E-state index is -0.850. The molecule has 0 saturated heterocycles. The Kier molecular flexibility index (Phi) is 4.10. The normalized spacial score (nSPS) is 10.9. The van der Waals surface area contributed by atoms with E-state index in [2.05, 4.69) is 10.2 Å². The Morgan fingerprint density at radius 3 is 2.73 bits per heavy atom. The third kappa shape index (κ3) is 3.52. The number of nitrogens with zero attached hydrogens (tertiary/aromatic N) is 4. The molecule has 15 heavy (non-hydrogen) atoms. The first-order valence-corrected chi connectivity index (χ1v) is 5.37. The van der Waals surface area contributed by atoms with Crippen molar-refractivity contribution in [2.24, 2.45) is 7.05 Å². The number of carboxylic acids is 1. The lowest BCUT2D eigenvalue weighted by Gasteiger charge is -2.08. The smallest absolute Gasteiger partial charge is 0.313 e. The van der Waals surface area contributed by atoms with Crippen molar-refractivity contribution in [3.05, 3.63) is 5.82 Å². The molecule has 1 aromatic heterocycles. The van der Waals surface area contributed by atoms with Gasteiger partial charge in [-0.05, 0) is 14.1 Å². The predicted molar refractivity (Wildman–Crippen MR) is 56.8 cm³/mol. The number of aromatic nitrogens is 3. The average Bonchev–Trinajstić information content (AvgIpc) is 2.44. The molecule has 6 nitrogen and oxygen atoms in total. The minimum absolute atomic E-state index is 0.00787. The number of carbonyl (C=O) groups is 1. The van der Waals surface area contributed by atoms with Crippen LogP contribution < -0.4 is 0 Å². The fraction of sp³-hybridized carbons (Fsp3) is 0.625. The molecule has 84 valence electrons. The van der Waals surface area contributed by atoms with E-state index < -0.39 is 5.97 Å². The van der Waals surface area contributed by atoms with Gasteiger partial charge in [-0.2, -0.15) is 0 Å². The van der Waals surface area contributed by atoms with Crippen LogP contribution in [0.3, 0.4) is 0 Å². The number of rotatable bonds is 5. The van der Waals surface area contributed by atoms with Gasteiger partial charge in [-0.1, -0.05) is 11.8 Å². The SMILES string of the molecule is CN(C)Cc1nnc(SCC(=O)O)n1C. The van der Waals surface area contributed by atoms with Crippen LogP contribution in [0.15, 0.2) is 5.16 Å². The van der Waals surface area contributed by atoms with Gasteiger partial charge in [-0.25, -0.2) is 0 Å². The summed E-state index contributed by atoms with van der Waals surface area (Å²) < 4.78 is 1.81. The lowest BCUT2D eigenvalue weighted by Crippen LogP contribution is -2.14. The maximum absolute atomic E-state index is 10.4. The molecule has 0 amide bonds. The number of thioether (sulfide) groups is 1. The predicted octanol–water partition coefficient (Wildman–Crippen LogP) is 0.0534. The summed E-state index contributed by atoms with van der Waals surface area (Å²) in [7, 11) is 5.72. The Hall–Kier alpha value is -1.08. The molecule has 1 heterocycles. The first kappa shape index (κ1) is 12.0. The summed E-state index contributed by atoms with van der Waals surface area (Å²) in [5.41, 5.74) is 0. The first-order chi connectivity index (χ1) is 7.00. The molecule has 0 fully saturated rings. The Labute approximate surface area is 92.3 Å². The van der Waals surface area contributed by atoms with Crippen molar-refractivity contribution in [1.29, 1.82) is 0 Å². The number of hydrogen-bond acceptors (Lipinski definition) is 5. The quantitative estimate of drug-likeness (QED) is 0.721. The molecule has 0 aliphatic heterocycles. The third-order valence-electron chi connectivity index (χ3n) is 1.71. The molecular formula is C8H14N4O2S. The Morgan fingerprint density at radius 1 is 1.53 bits per heavy atom. The highest BCUT2D eigenvalue weighted by Gasteiger charge is 2.10. The van der Waals surface area contributed by atoms with Crippen LogP contribution in [-0.4, -0.2) is 50.6 Å². The molecule has 0 aromatic carbocycles. The molecule has 0 atom stereocenters. The van der Waals surface area contributed by atoms with E-state index in [9.17, 15) is 4.79 Å². The van der Waals surface area contributed by atoms with Gasteiger partial charge < -0.3 is 14.6 Å². The number of hydrogen-bond donors (Lipinski definition) is 1. The van der Waals surface area contributed by atoms with E-state index in [1.54, 1.807) is 0 Å². The van der Waals surface area contributed by atoms with Crippen molar-refractivity contribution in [2.75, 3.05) is 19.8 Å². The third-order valence-corrected chi connectivity index (χ3v) is 2.71. The van der Waals surface area contributed by atoms with Crippen LogP contribution in [0.5, 0.6) is 0 Å². The zero-order chi connectivity index (χ0) is 11.4. The molecule has 0 radical (unpaired) electrons. The lowest BCUT2D eigenvalue weighted by atomic mass is 10.5. The van der Waals surface area contributed by atoms with E-state index in [-0.39, 0.29) is 5.75 Å². The average molecular weight is 230 g/mol. The number of aliphatic carboxylic acids is 1. The molecule has 0 saturated carbocycles. The monoisotopic (exact) mass is 230 g/mol. The second-order valence-electron chi connectivity index (χ2n) is 3.38. The van der Waals surface area contributed by atoms with E-state index in [1.165, 1.54) is 11.8 Å². The lowest BCUT2D eigenvalue weighted by molar-refractivity contribution is -0.133. The van der Waals surface area contributed by atoms with E-state index in [1.807, 2.05) is 30.6 Å². The summed E-state index contributed by atoms with van der Waals surface area (Å²) in [4.78, 5) is 12.4. The Morgan fingerprint density at radius 2 is 2.20 bits per heavy atom. The summed E-state index contributed by atoms with van der Waals surface area (Å²) in [5, 5.41) is 17.1. The molecule has 0 spiro atoms. The van der Waals surface area contributed by atoms with Crippen LogP contribution in [0.1, 0.15) is 5.82 Å². The minimum Gasteiger partial charge on any atom is -0.481 e. The van der Waals surface area contributed by atoms with E-state index in [0.29, 0.717) is 11.7 Å². The summed E-state index contributed by atoms with van der Waals surface area (Å²) >= 11 is 1.17. The molecule has 1 rings (SSSR count). The van der Waals surface area contributed by atoms with Gasteiger partial charge in [0.15, 0.2) is 5.16 Å². The van der Waals surface area contributed by atoms with Crippen molar-refractivity contribution in [1.82, 2.24) is 19.7 Å². The van der Waals surface area contributed by atoms with Gasteiger partial charge in [0.2, 0.25) is 0 Å². The van der Waals surface area contributed by atoms with Crippen LogP contribution >= 0.6 is 11.8 Å². The van der Waals surface area contributed by atoms with Crippen LogP contribution in [0.2, 0.25) is 0 Å². The highest BCUT2D eigenvalue weighted by molar-refractivity contribution is 7.99. The van der Waals surface area contributed by atoms with Crippen LogP contribution in [0.25, 0.3) is 0 Å². The molecule has 0 aliphatic carbocycles.